The van der Waals surface area contributed by atoms with Crippen LogP contribution >= 0.6 is 0 Å². The number of aryl methyl sites for hydroxylation is 1. The molecule has 144 valence electrons. The number of benzene rings is 1. The lowest BCUT2D eigenvalue weighted by molar-refractivity contribution is -0.125. The van der Waals surface area contributed by atoms with Crippen molar-refractivity contribution in [1.82, 2.24) is 20.4 Å². The molecule has 2 unspecified atom stereocenters. The average Bonchev–Trinajstić information content (AvgIpc) is 2.88. The maximum Gasteiger partial charge on any atom is 0.224 e. The van der Waals surface area contributed by atoms with Crippen molar-refractivity contribution in [2.24, 2.45) is 0 Å². The zero-order chi connectivity index (χ0) is 19.6. The molecule has 1 aromatic carbocycles. The van der Waals surface area contributed by atoms with Gasteiger partial charge in [0.2, 0.25) is 11.8 Å². The van der Waals surface area contributed by atoms with Crippen LogP contribution in [0, 0.1) is 19.7 Å². The third kappa shape index (κ3) is 4.33. The quantitative estimate of drug-likeness (QED) is 0.749. The fraction of sp³-hybridized carbons (Fsp3) is 0.421. The Morgan fingerprint density at radius 2 is 2.11 bits per heavy atom. The number of nitrogens with one attached hydrogen (secondary N) is 3. The summed E-state index contributed by atoms with van der Waals surface area (Å²) in [6.45, 7) is 5.74. The molecule has 2 amide bonds. The summed E-state index contributed by atoms with van der Waals surface area (Å²) in [5.74, 6) is -0.742. The molecule has 0 radical (unpaired) electrons. The molecule has 2 atom stereocenters. The Hall–Kier alpha value is -2.74. The second-order valence-electron chi connectivity index (χ2n) is 6.86. The van der Waals surface area contributed by atoms with Crippen molar-refractivity contribution in [3.05, 3.63) is 47.0 Å². The average molecular weight is 373 g/mol. The molecular weight excluding hydrogens is 349 g/mol. The summed E-state index contributed by atoms with van der Waals surface area (Å²) in [5.41, 5.74) is 2.82. The number of anilines is 1. The SMILES string of the molecule is Cc1nn(C2NC(=O)CC(C)N2)c(C)c1CCC(=O)Nc1ccccc1F. The van der Waals surface area contributed by atoms with E-state index in [0.717, 1.165) is 17.0 Å². The minimum absolute atomic E-state index is 0.0235. The van der Waals surface area contributed by atoms with Crippen molar-refractivity contribution in [3.63, 3.8) is 0 Å². The Bertz CT molecular complexity index is 864. The molecule has 8 heteroatoms. The van der Waals surface area contributed by atoms with Gasteiger partial charge in [-0.3, -0.25) is 14.9 Å². The molecule has 1 aliphatic rings. The Morgan fingerprint density at radius 1 is 1.37 bits per heavy atom. The number of halogens is 1. The molecule has 7 nitrogen and oxygen atoms in total. The molecule has 1 aliphatic heterocycles. The molecular formula is C19H24FN5O2. The van der Waals surface area contributed by atoms with Crippen LogP contribution in [0.1, 0.15) is 43.0 Å². The first-order valence-corrected chi connectivity index (χ1v) is 8.99. The highest BCUT2D eigenvalue weighted by molar-refractivity contribution is 5.90. The maximum atomic E-state index is 13.6. The Labute approximate surface area is 157 Å². The van der Waals surface area contributed by atoms with Crippen molar-refractivity contribution >= 4 is 17.5 Å². The number of nitrogens with zero attached hydrogens (tertiary/aromatic N) is 2. The monoisotopic (exact) mass is 373 g/mol. The van der Waals surface area contributed by atoms with Gasteiger partial charge in [-0.05, 0) is 44.9 Å². The molecule has 2 aromatic rings. The Kier molecular flexibility index (Phi) is 5.55. The summed E-state index contributed by atoms with van der Waals surface area (Å²) in [5, 5.41) is 13.3. The number of carbonyl (C=O) groups excluding carboxylic acids is 2. The van der Waals surface area contributed by atoms with Crippen molar-refractivity contribution < 1.29 is 14.0 Å². The van der Waals surface area contributed by atoms with Gasteiger partial charge in [0.05, 0.1) is 11.4 Å². The van der Waals surface area contributed by atoms with Gasteiger partial charge in [0.25, 0.3) is 0 Å². The third-order valence-electron chi connectivity index (χ3n) is 4.70. The highest BCUT2D eigenvalue weighted by atomic mass is 19.1. The normalized spacial score (nSPS) is 19.6. The lowest BCUT2D eigenvalue weighted by Gasteiger charge is -2.30. The van der Waals surface area contributed by atoms with E-state index in [1.165, 1.54) is 12.1 Å². The topological polar surface area (TPSA) is 88.1 Å². The van der Waals surface area contributed by atoms with Crippen LogP contribution in [0.15, 0.2) is 24.3 Å². The van der Waals surface area contributed by atoms with Gasteiger partial charge in [-0.15, -0.1) is 0 Å². The zero-order valence-electron chi connectivity index (χ0n) is 15.7. The first kappa shape index (κ1) is 19.0. The van der Waals surface area contributed by atoms with Crippen molar-refractivity contribution in [3.8, 4) is 0 Å². The molecule has 27 heavy (non-hydrogen) atoms. The van der Waals surface area contributed by atoms with Crippen LogP contribution in [0.25, 0.3) is 0 Å². The zero-order valence-corrected chi connectivity index (χ0v) is 15.7. The van der Waals surface area contributed by atoms with Crippen LogP contribution in [0.5, 0.6) is 0 Å². The predicted octanol–water partition coefficient (Wildman–Crippen LogP) is 2.16. The first-order valence-electron chi connectivity index (χ1n) is 8.99. The van der Waals surface area contributed by atoms with Crippen molar-refractivity contribution in [2.75, 3.05) is 5.32 Å². The summed E-state index contributed by atoms with van der Waals surface area (Å²) in [6.07, 6.45) is 0.719. The van der Waals surface area contributed by atoms with Gasteiger partial charge < -0.3 is 10.6 Å². The summed E-state index contributed by atoms with van der Waals surface area (Å²) < 4.78 is 15.4. The smallest absolute Gasteiger partial charge is 0.224 e. The van der Waals surface area contributed by atoms with Crippen LogP contribution in [0.4, 0.5) is 10.1 Å². The molecule has 1 aromatic heterocycles. The van der Waals surface area contributed by atoms with Crippen LogP contribution in [0.2, 0.25) is 0 Å². The van der Waals surface area contributed by atoms with Crippen LogP contribution in [0.3, 0.4) is 0 Å². The van der Waals surface area contributed by atoms with E-state index in [1.54, 1.807) is 16.8 Å². The van der Waals surface area contributed by atoms with E-state index in [2.05, 4.69) is 21.0 Å². The van der Waals surface area contributed by atoms with Crippen LogP contribution in [-0.4, -0.2) is 27.6 Å². The lowest BCUT2D eigenvalue weighted by Crippen LogP contribution is -2.52. The Balaban J connectivity index is 1.67. The van der Waals surface area contributed by atoms with Crippen molar-refractivity contribution in [2.45, 2.75) is 52.4 Å². The molecule has 0 saturated carbocycles. The number of hydrogen-bond acceptors (Lipinski definition) is 4. The number of amides is 2. The highest BCUT2D eigenvalue weighted by Gasteiger charge is 2.27. The molecule has 1 saturated heterocycles. The minimum atomic E-state index is -0.459. The fourth-order valence-electron chi connectivity index (χ4n) is 3.32. The van der Waals surface area contributed by atoms with Gasteiger partial charge in [-0.25, -0.2) is 9.07 Å². The molecule has 0 aliphatic carbocycles. The number of aromatic nitrogens is 2. The largest absolute Gasteiger partial charge is 0.324 e. The Morgan fingerprint density at radius 3 is 2.81 bits per heavy atom. The first-order chi connectivity index (χ1) is 12.8. The maximum absolute atomic E-state index is 13.6. The van der Waals surface area contributed by atoms with Crippen molar-refractivity contribution in [1.29, 1.82) is 0 Å². The number of para-hydroxylation sites is 1. The minimum Gasteiger partial charge on any atom is -0.324 e. The van der Waals surface area contributed by atoms with E-state index in [0.29, 0.717) is 12.8 Å². The van der Waals surface area contributed by atoms with Gasteiger partial charge in [-0.2, -0.15) is 5.10 Å². The fourth-order valence-corrected chi connectivity index (χ4v) is 3.32. The van der Waals surface area contributed by atoms with E-state index in [1.807, 2.05) is 20.8 Å². The van der Waals surface area contributed by atoms with Gasteiger partial charge in [-0.1, -0.05) is 12.1 Å². The molecule has 1 fully saturated rings. The second kappa shape index (κ2) is 7.87. The molecule has 0 bridgehead atoms. The van der Waals surface area contributed by atoms with E-state index >= 15 is 0 Å². The number of carbonyl (C=O) groups is 2. The third-order valence-corrected chi connectivity index (χ3v) is 4.70. The highest BCUT2D eigenvalue weighted by Crippen LogP contribution is 2.20. The lowest BCUT2D eigenvalue weighted by atomic mass is 10.1. The van der Waals surface area contributed by atoms with E-state index in [9.17, 15) is 14.0 Å². The van der Waals surface area contributed by atoms with Crippen LogP contribution in [-0.2, 0) is 16.0 Å². The van der Waals surface area contributed by atoms with Crippen LogP contribution < -0.4 is 16.0 Å². The van der Waals surface area contributed by atoms with E-state index in [4.69, 9.17) is 0 Å². The van der Waals surface area contributed by atoms with Gasteiger partial charge in [0.1, 0.15) is 5.82 Å². The molecule has 0 spiro atoms. The van der Waals surface area contributed by atoms with E-state index < -0.39 is 12.1 Å². The molecule has 3 N–H and O–H groups in total. The van der Waals surface area contributed by atoms with Gasteiger partial charge in [0.15, 0.2) is 6.29 Å². The number of hydrogen-bond donors (Lipinski definition) is 3. The van der Waals surface area contributed by atoms with E-state index in [-0.39, 0.29) is 30.0 Å². The van der Waals surface area contributed by atoms with Gasteiger partial charge in [0, 0.05) is 24.6 Å². The summed E-state index contributed by atoms with van der Waals surface area (Å²) in [7, 11) is 0. The predicted molar refractivity (Wildman–Crippen MR) is 99.4 cm³/mol. The standard InChI is InChI=1S/C19H24FN5O2/c1-11-10-18(27)23-19(21-11)25-13(3)14(12(2)24-25)8-9-17(26)22-16-7-5-4-6-15(16)20/h4-7,11,19,21H,8-10H2,1-3H3,(H,22,26)(H,23,27). The molecule has 2 heterocycles. The number of rotatable bonds is 5. The van der Waals surface area contributed by atoms with Gasteiger partial charge >= 0.3 is 0 Å². The second-order valence-corrected chi connectivity index (χ2v) is 6.86. The summed E-state index contributed by atoms with van der Waals surface area (Å²) in [4.78, 5) is 24.0. The molecule has 3 rings (SSSR count). The summed E-state index contributed by atoms with van der Waals surface area (Å²) in [6, 6.07) is 6.14. The summed E-state index contributed by atoms with van der Waals surface area (Å²) >= 11 is 0.